The van der Waals surface area contributed by atoms with E-state index in [4.69, 9.17) is 4.52 Å². The lowest BCUT2D eigenvalue weighted by atomic mass is 9.97. The summed E-state index contributed by atoms with van der Waals surface area (Å²) in [6.07, 6.45) is 6.98. The maximum absolute atomic E-state index is 5.21. The average Bonchev–Trinajstić information content (AvgIpc) is 2.87. The predicted octanol–water partition coefficient (Wildman–Crippen LogP) is 1.39. The zero-order valence-corrected chi connectivity index (χ0v) is 9.72. The van der Waals surface area contributed by atoms with E-state index in [2.05, 4.69) is 22.4 Å². The van der Waals surface area contributed by atoms with Crippen LogP contribution >= 0.6 is 0 Å². The molecule has 0 saturated carbocycles. The van der Waals surface area contributed by atoms with E-state index < -0.39 is 0 Å². The third-order valence-corrected chi connectivity index (χ3v) is 4.12. The summed E-state index contributed by atoms with van der Waals surface area (Å²) in [6, 6.07) is 4.16. The molecule has 16 heavy (non-hydrogen) atoms. The summed E-state index contributed by atoms with van der Waals surface area (Å²) in [5.41, 5.74) is 0. The van der Waals surface area contributed by atoms with E-state index in [-0.39, 0.29) is 0 Å². The second-order valence-electron chi connectivity index (χ2n) is 4.99. The molecule has 2 bridgehead atoms. The van der Waals surface area contributed by atoms with Crippen molar-refractivity contribution in [3.63, 3.8) is 0 Å². The number of piperidine rings is 1. The van der Waals surface area contributed by atoms with Crippen LogP contribution in [0.4, 0.5) is 0 Å². The Hall–Kier alpha value is -0.870. The van der Waals surface area contributed by atoms with E-state index in [1.165, 1.54) is 25.7 Å². The monoisotopic (exact) mass is 221 g/mol. The highest BCUT2D eigenvalue weighted by Gasteiger charge is 2.40. The number of nitrogens with zero attached hydrogens (tertiary/aromatic N) is 2. The van der Waals surface area contributed by atoms with Crippen LogP contribution in [0.2, 0.25) is 0 Å². The Bertz CT molecular complexity index is 324. The predicted molar refractivity (Wildman–Crippen MR) is 60.9 cm³/mol. The first-order valence-electron chi connectivity index (χ1n) is 6.19. The molecule has 2 unspecified atom stereocenters. The van der Waals surface area contributed by atoms with Crippen molar-refractivity contribution in [1.29, 1.82) is 0 Å². The summed E-state index contributed by atoms with van der Waals surface area (Å²) in [7, 11) is 2.08. The minimum Gasteiger partial charge on any atom is -0.360 e. The number of hydrogen-bond acceptors (Lipinski definition) is 4. The number of nitrogens with one attached hydrogen (secondary N) is 1. The third kappa shape index (κ3) is 1.76. The second-order valence-corrected chi connectivity index (χ2v) is 4.99. The van der Waals surface area contributed by atoms with Crippen molar-refractivity contribution in [2.75, 3.05) is 7.05 Å². The first kappa shape index (κ1) is 10.3. The first-order chi connectivity index (χ1) is 7.86. The molecule has 1 aromatic rings. The number of aromatic nitrogens is 1. The van der Waals surface area contributed by atoms with E-state index in [0.29, 0.717) is 6.04 Å². The van der Waals surface area contributed by atoms with Gasteiger partial charge in [-0.3, -0.25) is 4.90 Å². The normalized spacial score (nSPS) is 34.4. The smallest absolute Gasteiger partial charge is 0.150 e. The largest absolute Gasteiger partial charge is 0.360 e. The van der Waals surface area contributed by atoms with Crippen molar-refractivity contribution in [3.8, 4) is 0 Å². The maximum atomic E-state index is 5.21. The van der Waals surface area contributed by atoms with Gasteiger partial charge >= 0.3 is 0 Å². The highest BCUT2D eigenvalue weighted by Crippen LogP contribution is 2.36. The summed E-state index contributed by atoms with van der Waals surface area (Å²) in [6.45, 7) is 0.936. The zero-order valence-electron chi connectivity index (χ0n) is 9.72. The van der Waals surface area contributed by atoms with Crippen LogP contribution in [0.15, 0.2) is 16.8 Å². The van der Waals surface area contributed by atoms with Crippen LogP contribution in [0.5, 0.6) is 0 Å². The van der Waals surface area contributed by atoms with Crippen LogP contribution < -0.4 is 5.32 Å². The standard InChI is InChI=1S/C12H19N3O/c1-13-9-6-10-2-3-11(7-9)15(10)8-12-4-5-14-16-12/h4-5,9-11,13H,2-3,6-8H2,1H3. The fraction of sp³-hybridized carbons (Fsp3) is 0.750. The molecular formula is C12H19N3O. The lowest BCUT2D eigenvalue weighted by molar-refractivity contribution is 0.100. The fourth-order valence-corrected chi connectivity index (χ4v) is 3.27. The number of fused-ring (bicyclic) bond motifs is 2. The first-order valence-corrected chi connectivity index (χ1v) is 6.19. The molecule has 2 aliphatic heterocycles. The molecule has 2 atom stereocenters. The van der Waals surface area contributed by atoms with Gasteiger partial charge in [0.15, 0.2) is 5.76 Å². The minimum atomic E-state index is 0.712. The van der Waals surface area contributed by atoms with Crippen LogP contribution in [0.25, 0.3) is 0 Å². The fourth-order valence-electron chi connectivity index (χ4n) is 3.27. The van der Waals surface area contributed by atoms with Crippen LogP contribution in [0.3, 0.4) is 0 Å². The molecule has 0 amide bonds. The molecule has 1 N–H and O–H groups in total. The SMILES string of the molecule is CNC1CC2CCC(C1)N2Cc1ccno1. The summed E-state index contributed by atoms with van der Waals surface area (Å²) in [5.74, 6) is 1.000. The highest BCUT2D eigenvalue weighted by atomic mass is 16.5. The van der Waals surface area contributed by atoms with Gasteiger partial charge in [0.1, 0.15) is 0 Å². The summed E-state index contributed by atoms with van der Waals surface area (Å²) >= 11 is 0. The molecule has 0 spiro atoms. The van der Waals surface area contributed by atoms with Gasteiger partial charge in [-0.2, -0.15) is 0 Å². The topological polar surface area (TPSA) is 41.3 Å². The summed E-state index contributed by atoms with van der Waals surface area (Å²) < 4.78 is 5.21. The maximum Gasteiger partial charge on any atom is 0.150 e. The van der Waals surface area contributed by atoms with Crippen molar-refractivity contribution >= 4 is 0 Å². The van der Waals surface area contributed by atoms with Crippen molar-refractivity contribution in [1.82, 2.24) is 15.4 Å². The minimum absolute atomic E-state index is 0.712. The lowest BCUT2D eigenvalue weighted by Crippen LogP contribution is -2.47. The van der Waals surface area contributed by atoms with Gasteiger partial charge in [-0.15, -0.1) is 0 Å². The quantitative estimate of drug-likeness (QED) is 0.837. The van der Waals surface area contributed by atoms with E-state index in [1.54, 1.807) is 6.20 Å². The molecule has 4 heteroatoms. The third-order valence-electron chi connectivity index (χ3n) is 4.12. The van der Waals surface area contributed by atoms with E-state index in [0.717, 1.165) is 24.4 Å². The van der Waals surface area contributed by atoms with Gasteiger partial charge in [0, 0.05) is 24.2 Å². The van der Waals surface area contributed by atoms with E-state index in [9.17, 15) is 0 Å². The van der Waals surface area contributed by atoms with Crippen LogP contribution in [0.1, 0.15) is 31.4 Å². The molecule has 0 radical (unpaired) electrons. The summed E-state index contributed by atoms with van der Waals surface area (Å²) in [5, 5.41) is 7.20. The highest BCUT2D eigenvalue weighted by molar-refractivity contribution is 5.01. The Labute approximate surface area is 96.0 Å². The van der Waals surface area contributed by atoms with Crippen LogP contribution in [-0.2, 0) is 6.54 Å². The number of rotatable bonds is 3. The van der Waals surface area contributed by atoms with Crippen molar-refractivity contribution < 1.29 is 4.52 Å². The summed E-state index contributed by atoms with van der Waals surface area (Å²) in [4.78, 5) is 2.61. The van der Waals surface area contributed by atoms with Gasteiger partial charge in [0.2, 0.25) is 0 Å². The Balaban J connectivity index is 1.69. The van der Waals surface area contributed by atoms with Crippen LogP contribution in [-0.4, -0.2) is 35.2 Å². The Kier molecular flexibility index (Phi) is 2.69. The average molecular weight is 221 g/mol. The molecule has 2 fully saturated rings. The lowest BCUT2D eigenvalue weighted by Gasteiger charge is -2.38. The molecule has 88 valence electrons. The van der Waals surface area contributed by atoms with Crippen molar-refractivity contribution in [3.05, 3.63) is 18.0 Å². The molecule has 2 saturated heterocycles. The molecule has 0 aromatic carbocycles. The number of hydrogen-bond donors (Lipinski definition) is 1. The molecule has 1 aromatic heterocycles. The van der Waals surface area contributed by atoms with Crippen molar-refractivity contribution in [2.45, 2.75) is 50.4 Å². The van der Waals surface area contributed by atoms with Crippen molar-refractivity contribution in [2.24, 2.45) is 0 Å². The van der Waals surface area contributed by atoms with Gasteiger partial charge < -0.3 is 9.84 Å². The van der Waals surface area contributed by atoms with Gasteiger partial charge in [-0.05, 0) is 32.7 Å². The molecule has 3 rings (SSSR count). The second kappa shape index (κ2) is 4.18. The molecule has 4 nitrogen and oxygen atoms in total. The van der Waals surface area contributed by atoms with E-state index in [1.807, 2.05) is 6.07 Å². The van der Waals surface area contributed by atoms with Gasteiger partial charge in [0.05, 0.1) is 12.7 Å². The Morgan fingerprint density at radius 1 is 1.44 bits per heavy atom. The molecule has 2 aliphatic rings. The Morgan fingerprint density at radius 2 is 2.19 bits per heavy atom. The van der Waals surface area contributed by atoms with Gasteiger partial charge in [0.25, 0.3) is 0 Å². The molecule has 0 aliphatic carbocycles. The van der Waals surface area contributed by atoms with Gasteiger partial charge in [-0.25, -0.2) is 0 Å². The molecular weight excluding hydrogens is 202 g/mol. The van der Waals surface area contributed by atoms with Crippen LogP contribution in [0, 0.1) is 0 Å². The van der Waals surface area contributed by atoms with Gasteiger partial charge in [-0.1, -0.05) is 5.16 Å². The zero-order chi connectivity index (χ0) is 11.0. The van der Waals surface area contributed by atoms with E-state index >= 15 is 0 Å². The Morgan fingerprint density at radius 3 is 2.75 bits per heavy atom. The molecule has 3 heterocycles.